The third kappa shape index (κ3) is 2.93. The lowest BCUT2D eigenvalue weighted by Gasteiger charge is -2.44. The fourth-order valence-electron chi connectivity index (χ4n) is 3.12. The zero-order valence-corrected chi connectivity index (χ0v) is 11.8. The van der Waals surface area contributed by atoms with Gasteiger partial charge in [0.05, 0.1) is 0 Å². The summed E-state index contributed by atoms with van der Waals surface area (Å²) in [5.74, 6) is 0.594. The van der Waals surface area contributed by atoms with Crippen LogP contribution in [0.4, 0.5) is 0 Å². The smallest absolute Gasteiger partial charge is 0.0110 e. The molecule has 0 spiro atoms. The van der Waals surface area contributed by atoms with Crippen molar-refractivity contribution in [3.05, 3.63) is 35.9 Å². The summed E-state index contributed by atoms with van der Waals surface area (Å²) in [6, 6.07) is 12.3. The Morgan fingerprint density at radius 2 is 1.94 bits per heavy atom. The standard InChI is InChI=1S/C16H26N2/c1-12(11-15-7-5-4-6-8-15)18-10-9-16(17)13(2)14(18)3/h4-8,12-14,16H,9-11,17H2,1-3H3. The Morgan fingerprint density at radius 3 is 2.61 bits per heavy atom. The summed E-state index contributed by atoms with van der Waals surface area (Å²) in [5.41, 5.74) is 7.59. The van der Waals surface area contributed by atoms with Gasteiger partial charge in [-0.3, -0.25) is 4.90 Å². The van der Waals surface area contributed by atoms with Crippen LogP contribution in [0.1, 0.15) is 32.8 Å². The molecule has 1 saturated heterocycles. The molecule has 4 atom stereocenters. The van der Waals surface area contributed by atoms with Crippen molar-refractivity contribution in [1.29, 1.82) is 0 Å². The van der Waals surface area contributed by atoms with E-state index in [1.807, 2.05) is 0 Å². The molecule has 1 aliphatic rings. The van der Waals surface area contributed by atoms with Crippen molar-refractivity contribution in [2.75, 3.05) is 6.54 Å². The van der Waals surface area contributed by atoms with Gasteiger partial charge in [0.25, 0.3) is 0 Å². The van der Waals surface area contributed by atoms with Crippen molar-refractivity contribution in [3.63, 3.8) is 0 Å². The molecule has 0 bridgehead atoms. The van der Waals surface area contributed by atoms with Crippen LogP contribution < -0.4 is 5.73 Å². The number of rotatable bonds is 3. The Balaban J connectivity index is 1.99. The number of nitrogens with zero attached hydrogens (tertiary/aromatic N) is 1. The van der Waals surface area contributed by atoms with E-state index in [0.717, 1.165) is 19.4 Å². The van der Waals surface area contributed by atoms with Gasteiger partial charge in [-0.25, -0.2) is 0 Å². The van der Waals surface area contributed by atoms with Crippen LogP contribution in [0.5, 0.6) is 0 Å². The van der Waals surface area contributed by atoms with Crippen molar-refractivity contribution in [3.8, 4) is 0 Å². The van der Waals surface area contributed by atoms with Crippen molar-refractivity contribution in [2.45, 2.75) is 51.7 Å². The molecule has 1 fully saturated rings. The number of likely N-dealkylation sites (tertiary alicyclic amines) is 1. The Labute approximate surface area is 111 Å². The molecule has 2 nitrogen and oxygen atoms in total. The molecule has 1 heterocycles. The van der Waals surface area contributed by atoms with Gasteiger partial charge < -0.3 is 5.73 Å². The maximum atomic E-state index is 6.16. The molecule has 2 rings (SSSR count). The number of benzene rings is 1. The minimum absolute atomic E-state index is 0.375. The van der Waals surface area contributed by atoms with Crippen LogP contribution in [0.15, 0.2) is 30.3 Å². The Morgan fingerprint density at radius 1 is 1.28 bits per heavy atom. The number of hydrogen-bond acceptors (Lipinski definition) is 2. The van der Waals surface area contributed by atoms with E-state index in [2.05, 4.69) is 56.0 Å². The quantitative estimate of drug-likeness (QED) is 0.888. The summed E-state index contributed by atoms with van der Waals surface area (Å²) in [6.07, 6.45) is 2.26. The first kappa shape index (κ1) is 13.6. The summed E-state index contributed by atoms with van der Waals surface area (Å²) >= 11 is 0. The van der Waals surface area contributed by atoms with Gasteiger partial charge in [0, 0.05) is 24.7 Å². The Kier molecular flexibility index (Phi) is 4.41. The summed E-state index contributed by atoms with van der Waals surface area (Å²) in [4.78, 5) is 2.63. The number of piperidine rings is 1. The second-order valence-corrected chi connectivity index (χ2v) is 5.83. The van der Waals surface area contributed by atoms with Gasteiger partial charge in [0.1, 0.15) is 0 Å². The highest BCUT2D eigenvalue weighted by Gasteiger charge is 2.32. The molecule has 1 aliphatic heterocycles. The number of nitrogens with two attached hydrogens (primary N) is 1. The van der Waals surface area contributed by atoms with E-state index in [-0.39, 0.29) is 0 Å². The van der Waals surface area contributed by atoms with Gasteiger partial charge in [-0.2, -0.15) is 0 Å². The average Bonchev–Trinajstić information content (AvgIpc) is 2.37. The molecular weight excluding hydrogens is 220 g/mol. The maximum absolute atomic E-state index is 6.16. The van der Waals surface area contributed by atoms with Gasteiger partial charge >= 0.3 is 0 Å². The van der Waals surface area contributed by atoms with Crippen molar-refractivity contribution >= 4 is 0 Å². The van der Waals surface area contributed by atoms with Crippen LogP contribution in [-0.4, -0.2) is 29.6 Å². The largest absolute Gasteiger partial charge is 0.327 e. The predicted octanol–water partition coefficient (Wildman–Crippen LogP) is 2.68. The predicted molar refractivity (Wildman–Crippen MR) is 77.5 cm³/mol. The van der Waals surface area contributed by atoms with Crippen LogP contribution in [-0.2, 0) is 6.42 Å². The molecule has 2 heteroatoms. The fraction of sp³-hybridized carbons (Fsp3) is 0.625. The molecule has 0 saturated carbocycles. The molecule has 18 heavy (non-hydrogen) atoms. The Bertz CT molecular complexity index is 363. The van der Waals surface area contributed by atoms with E-state index in [1.54, 1.807) is 0 Å². The van der Waals surface area contributed by atoms with E-state index in [4.69, 9.17) is 5.73 Å². The highest BCUT2D eigenvalue weighted by atomic mass is 15.2. The van der Waals surface area contributed by atoms with Crippen LogP contribution in [0.3, 0.4) is 0 Å². The van der Waals surface area contributed by atoms with Gasteiger partial charge in [0.2, 0.25) is 0 Å². The van der Waals surface area contributed by atoms with Crippen LogP contribution in [0.2, 0.25) is 0 Å². The zero-order valence-electron chi connectivity index (χ0n) is 11.8. The van der Waals surface area contributed by atoms with Gasteiger partial charge in [-0.05, 0) is 38.2 Å². The molecule has 0 aromatic heterocycles. The lowest BCUT2D eigenvalue weighted by Crippen LogP contribution is -2.54. The minimum Gasteiger partial charge on any atom is -0.327 e. The summed E-state index contributed by atoms with van der Waals surface area (Å²) < 4.78 is 0. The number of hydrogen-bond donors (Lipinski definition) is 1. The van der Waals surface area contributed by atoms with E-state index in [0.29, 0.717) is 24.0 Å². The molecule has 0 aliphatic carbocycles. The second kappa shape index (κ2) is 5.85. The summed E-state index contributed by atoms with van der Waals surface area (Å²) in [5, 5.41) is 0. The van der Waals surface area contributed by atoms with Crippen LogP contribution >= 0.6 is 0 Å². The fourth-order valence-corrected chi connectivity index (χ4v) is 3.12. The highest BCUT2D eigenvalue weighted by molar-refractivity contribution is 5.16. The minimum atomic E-state index is 0.375. The maximum Gasteiger partial charge on any atom is 0.0110 e. The highest BCUT2D eigenvalue weighted by Crippen LogP contribution is 2.25. The van der Waals surface area contributed by atoms with Crippen molar-refractivity contribution in [1.82, 2.24) is 4.90 Å². The van der Waals surface area contributed by atoms with Gasteiger partial charge in [-0.1, -0.05) is 37.3 Å². The monoisotopic (exact) mass is 246 g/mol. The summed E-state index contributed by atoms with van der Waals surface area (Å²) in [6.45, 7) is 8.09. The molecule has 1 aromatic rings. The topological polar surface area (TPSA) is 29.3 Å². The van der Waals surface area contributed by atoms with E-state index < -0.39 is 0 Å². The first-order valence-electron chi connectivity index (χ1n) is 7.15. The third-order valence-electron chi connectivity index (χ3n) is 4.62. The van der Waals surface area contributed by atoms with Crippen LogP contribution in [0, 0.1) is 5.92 Å². The first-order valence-corrected chi connectivity index (χ1v) is 7.15. The zero-order chi connectivity index (χ0) is 13.1. The molecular formula is C16H26N2. The average molecular weight is 246 g/mol. The van der Waals surface area contributed by atoms with E-state index in [9.17, 15) is 0 Å². The molecule has 0 amide bonds. The molecule has 2 N–H and O–H groups in total. The SMILES string of the molecule is CC1C(N)CCN(C(C)Cc2ccccc2)C1C. The third-order valence-corrected chi connectivity index (χ3v) is 4.62. The molecule has 1 aromatic carbocycles. The normalized spacial score (nSPS) is 31.2. The second-order valence-electron chi connectivity index (χ2n) is 5.83. The van der Waals surface area contributed by atoms with Crippen molar-refractivity contribution < 1.29 is 0 Å². The lowest BCUT2D eigenvalue weighted by atomic mass is 9.86. The summed E-state index contributed by atoms with van der Waals surface area (Å²) in [7, 11) is 0. The van der Waals surface area contributed by atoms with Gasteiger partial charge in [-0.15, -0.1) is 0 Å². The van der Waals surface area contributed by atoms with E-state index >= 15 is 0 Å². The molecule has 100 valence electrons. The van der Waals surface area contributed by atoms with Gasteiger partial charge in [0.15, 0.2) is 0 Å². The van der Waals surface area contributed by atoms with E-state index in [1.165, 1.54) is 5.56 Å². The lowest BCUT2D eigenvalue weighted by molar-refractivity contribution is 0.0631. The van der Waals surface area contributed by atoms with Crippen LogP contribution in [0.25, 0.3) is 0 Å². The Hall–Kier alpha value is -0.860. The first-order chi connectivity index (χ1) is 8.59. The van der Waals surface area contributed by atoms with Crippen molar-refractivity contribution in [2.24, 2.45) is 11.7 Å². The molecule has 4 unspecified atom stereocenters. The molecule has 0 radical (unpaired) electrons.